The number of nitrogens with one attached hydrogen (secondary N) is 1. The number of anilines is 1. The van der Waals surface area contributed by atoms with E-state index in [0.717, 1.165) is 28.4 Å². The van der Waals surface area contributed by atoms with Crippen molar-refractivity contribution in [2.24, 2.45) is 0 Å². The van der Waals surface area contributed by atoms with E-state index in [1.54, 1.807) is 0 Å². The lowest BCUT2D eigenvalue weighted by Gasteiger charge is -2.27. The number of benzene rings is 3. The largest absolute Gasteiger partial charge is 0.340 e. The van der Waals surface area contributed by atoms with Crippen LogP contribution < -0.4 is 5.32 Å². The summed E-state index contributed by atoms with van der Waals surface area (Å²) < 4.78 is 1.08. The second-order valence-corrected chi connectivity index (χ2v) is 7.97. The molecule has 1 N–H and O–H groups in total. The van der Waals surface area contributed by atoms with Gasteiger partial charge in [-0.05, 0) is 60.5 Å². The normalized spacial score (nSPS) is 10.5. The molecular weight excluding hydrogens is 416 g/mol. The zero-order valence-corrected chi connectivity index (χ0v) is 18.0. The van der Waals surface area contributed by atoms with Crippen molar-refractivity contribution in [1.29, 1.82) is 0 Å². The van der Waals surface area contributed by atoms with Gasteiger partial charge in [0.2, 0.25) is 0 Å². The fourth-order valence-corrected chi connectivity index (χ4v) is 3.51. The highest BCUT2D eigenvalue weighted by molar-refractivity contribution is 9.10. The quantitative estimate of drug-likeness (QED) is 0.459. The molecule has 0 spiro atoms. The van der Waals surface area contributed by atoms with Crippen molar-refractivity contribution in [2.75, 3.05) is 5.32 Å². The molecule has 0 aliphatic carbocycles. The SMILES string of the molecule is Cc1cccc(C)c1NC(=S)N(Cc1ccccc1)Cc1ccc(Br)cc1. The van der Waals surface area contributed by atoms with Gasteiger partial charge >= 0.3 is 0 Å². The smallest absolute Gasteiger partial charge is 0.174 e. The Morgan fingerprint density at radius 2 is 1.37 bits per heavy atom. The first-order valence-electron chi connectivity index (χ1n) is 8.93. The summed E-state index contributed by atoms with van der Waals surface area (Å²) >= 11 is 9.31. The molecule has 2 nitrogen and oxygen atoms in total. The van der Waals surface area contributed by atoms with Gasteiger partial charge in [-0.15, -0.1) is 0 Å². The van der Waals surface area contributed by atoms with Crippen LogP contribution >= 0.6 is 28.1 Å². The molecule has 0 saturated carbocycles. The van der Waals surface area contributed by atoms with Crippen molar-refractivity contribution in [1.82, 2.24) is 4.90 Å². The fraction of sp³-hybridized carbons (Fsp3) is 0.174. The van der Waals surface area contributed by atoms with Crippen molar-refractivity contribution in [3.8, 4) is 0 Å². The summed E-state index contributed by atoms with van der Waals surface area (Å²) in [4.78, 5) is 2.21. The maximum Gasteiger partial charge on any atom is 0.174 e. The summed E-state index contributed by atoms with van der Waals surface area (Å²) in [6.07, 6.45) is 0. The van der Waals surface area contributed by atoms with Crippen molar-refractivity contribution in [3.63, 3.8) is 0 Å². The van der Waals surface area contributed by atoms with Crippen molar-refractivity contribution < 1.29 is 0 Å². The average molecular weight is 439 g/mol. The Morgan fingerprint density at radius 3 is 1.96 bits per heavy atom. The molecule has 27 heavy (non-hydrogen) atoms. The monoisotopic (exact) mass is 438 g/mol. The van der Waals surface area contributed by atoms with E-state index in [4.69, 9.17) is 12.2 Å². The van der Waals surface area contributed by atoms with Gasteiger partial charge in [0.15, 0.2) is 5.11 Å². The van der Waals surface area contributed by atoms with Gasteiger partial charge in [-0.3, -0.25) is 0 Å². The molecule has 0 unspecified atom stereocenters. The lowest BCUT2D eigenvalue weighted by Crippen LogP contribution is -2.34. The Bertz CT molecular complexity index is 887. The molecule has 0 heterocycles. The van der Waals surface area contributed by atoms with E-state index in [0.29, 0.717) is 0 Å². The first-order chi connectivity index (χ1) is 13.0. The molecule has 0 atom stereocenters. The number of rotatable bonds is 5. The van der Waals surface area contributed by atoms with Gasteiger partial charge < -0.3 is 10.2 Å². The third kappa shape index (κ3) is 5.41. The van der Waals surface area contributed by atoms with E-state index in [1.807, 2.05) is 6.07 Å². The van der Waals surface area contributed by atoms with Crippen LogP contribution in [0.2, 0.25) is 0 Å². The summed E-state index contributed by atoms with van der Waals surface area (Å²) in [5, 5.41) is 4.21. The molecule has 0 saturated heterocycles. The number of nitrogens with zero attached hydrogens (tertiary/aromatic N) is 1. The maximum atomic E-state index is 5.81. The van der Waals surface area contributed by atoms with Gasteiger partial charge in [-0.2, -0.15) is 0 Å². The number of hydrogen-bond acceptors (Lipinski definition) is 1. The number of para-hydroxylation sites is 1. The number of hydrogen-bond donors (Lipinski definition) is 1. The summed E-state index contributed by atoms with van der Waals surface area (Å²) in [6, 6.07) is 25.1. The van der Waals surface area contributed by atoms with Gasteiger partial charge in [0.1, 0.15) is 0 Å². The van der Waals surface area contributed by atoms with E-state index in [-0.39, 0.29) is 0 Å². The number of thiocarbonyl (C=S) groups is 1. The second kappa shape index (κ2) is 9.16. The summed E-state index contributed by atoms with van der Waals surface area (Å²) in [7, 11) is 0. The predicted octanol–water partition coefficient (Wildman–Crippen LogP) is 6.47. The lowest BCUT2D eigenvalue weighted by molar-refractivity contribution is 0.413. The minimum Gasteiger partial charge on any atom is -0.340 e. The van der Waals surface area contributed by atoms with Gasteiger partial charge in [0, 0.05) is 23.2 Å². The maximum absolute atomic E-state index is 5.81. The number of halogens is 1. The Hall–Kier alpha value is -2.17. The number of aryl methyl sites for hydroxylation is 2. The van der Waals surface area contributed by atoms with Crippen LogP contribution in [-0.2, 0) is 13.1 Å². The Kier molecular flexibility index (Phi) is 6.64. The van der Waals surface area contributed by atoms with Gasteiger partial charge in [0.05, 0.1) is 0 Å². The van der Waals surface area contributed by atoms with E-state index in [1.165, 1.54) is 22.3 Å². The fourth-order valence-electron chi connectivity index (χ4n) is 3.01. The van der Waals surface area contributed by atoms with Crippen LogP contribution in [0.15, 0.2) is 77.3 Å². The molecule has 0 radical (unpaired) electrons. The molecule has 0 aromatic heterocycles. The van der Waals surface area contributed by atoms with Crippen LogP contribution in [0.25, 0.3) is 0 Å². The Morgan fingerprint density at radius 1 is 0.815 bits per heavy atom. The highest BCUT2D eigenvalue weighted by atomic mass is 79.9. The zero-order valence-electron chi connectivity index (χ0n) is 15.6. The van der Waals surface area contributed by atoms with E-state index >= 15 is 0 Å². The van der Waals surface area contributed by atoms with Crippen molar-refractivity contribution in [2.45, 2.75) is 26.9 Å². The molecule has 3 rings (SSSR count). The standard InChI is InChI=1S/C23H23BrN2S/c1-17-7-6-8-18(2)22(17)25-23(27)26(15-19-9-4-3-5-10-19)16-20-11-13-21(24)14-12-20/h3-14H,15-16H2,1-2H3,(H,25,27). The van der Waals surface area contributed by atoms with Crippen LogP contribution in [0.3, 0.4) is 0 Å². The third-order valence-corrected chi connectivity index (χ3v) is 5.39. The molecule has 138 valence electrons. The predicted molar refractivity (Wildman–Crippen MR) is 122 cm³/mol. The van der Waals surface area contributed by atoms with E-state index < -0.39 is 0 Å². The highest BCUT2D eigenvalue weighted by Gasteiger charge is 2.13. The summed E-state index contributed by atoms with van der Waals surface area (Å²) in [5.74, 6) is 0. The van der Waals surface area contributed by atoms with Crippen LogP contribution in [0, 0.1) is 13.8 Å². The van der Waals surface area contributed by atoms with Gasteiger partial charge in [-0.1, -0.05) is 76.6 Å². The second-order valence-electron chi connectivity index (χ2n) is 6.67. The lowest BCUT2D eigenvalue weighted by atomic mass is 10.1. The summed E-state index contributed by atoms with van der Waals surface area (Å²) in [6.45, 7) is 5.72. The topological polar surface area (TPSA) is 15.3 Å². The van der Waals surface area contributed by atoms with Crippen LogP contribution in [-0.4, -0.2) is 10.0 Å². The minimum atomic E-state index is 0.735. The molecule has 4 heteroatoms. The summed E-state index contributed by atoms with van der Waals surface area (Å²) in [5.41, 5.74) is 5.94. The molecule has 0 amide bonds. The molecule has 3 aromatic rings. The van der Waals surface area contributed by atoms with E-state index in [2.05, 4.69) is 107 Å². The molecule has 0 aliphatic heterocycles. The molecular formula is C23H23BrN2S. The Labute approximate surface area is 175 Å². The first kappa shape index (κ1) is 19.6. The minimum absolute atomic E-state index is 0.735. The zero-order chi connectivity index (χ0) is 19.2. The van der Waals surface area contributed by atoms with Crippen molar-refractivity contribution in [3.05, 3.63) is 99.5 Å². The molecule has 0 bridgehead atoms. The molecule has 0 fully saturated rings. The molecule has 0 aliphatic rings. The van der Waals surface area contributed by atoms with Crippen LogP contribution in [0.1, 0.15) is 22.3 Å². The van der Waals surface area contributed by atoms with Gasteiger partial charge in [0.25, 0.3) is 0 Å². The Balaban J connectivity index is 1.83. The third-order valence-electron chi connectivity index (χ3n) is 4.50. The first-order valence-corrected chi connectivity index (χ1v) is 10.1. The van der Waals surface area contributed by atoms with Gasteiger partial charge in [-0.25, -0.2) is 0 Å². The molecule has 3 aromatic carbocycles. The highest BCUT2D eigenvalue weighted by Crippen LogP contribution is 2.21. The van der Waals surface area contributed by atoms with Crippen molar-refractivity contribution >= 4 is 38.9 Å². The van der Waals surface area contributed by atoms with Crippen LogP contribution in [0.5, 0.6) is 0 Å². The van der Waals surface area contributed by atoms with E-state index in [9.17, 15) is 0 Å². The average Bonchev–Trinajstić information content (AvgIpc) is 2.67. The van der Waals surface area contributed by atoms with Crippen LogP contribution in [0.4, 0.5) is 5.69 Å².